The van der Waals surface area contributed by atoms with Crippen LogP contribution in [0, 0.1) is 0 Å². The largest absolute Gasteiger partial charge is 0.502 e. The number of aromatic hydroxyl groups is 1. The third-order valence-electron chi connectivity index (χ3n) is 4.54. The minimum absolute atomic E-state index is 0.0121. The van der Waals surface area contributed by atoms with Gasteiger partial charge in [0, 0.05) is 12.3 Å². The van der Waals surface area contributed by atoms with Crippen LogP contribution >= 0.6 is 0 Å². The van der Waals surface area contributed by atoms with Gasteiger partial charge in [0.1, 0.15) is 24.7 Å². The number of nitrogens with zero attached hydrogens (tertiary/aromatic N) is 1. The van der Waals surface area contributed by atoms with Crippen LogP contribution in [0.5, 0.6) is 11.5 Å². The maximum absolute atomic E-state index is 12.2. The summed E-state index contributed by atoms with van der Waals surface area (Å²) in [4.78, 5) is 28.4. The number of aliphatic hydroxyl groups is 1. The number of aromatic nitrogens is 1. The molecule has 0 aliphatic heterocycles. The Morgan fingerprint density at radius 3 is 2.61 bits per heavy atom. The molecule has 3 aromatic rings. The lowest BCUT2D eigenvalue weighted by atomic mass is 9.92. The highest BCUT2D eigenvalue weighted by molar-refractivity contribution is 5.71. The fraction of sp³-hybridized carbons (Fsp3) is 0.261. The molecule has 0 aliphatic rings. The molecular weight excluding hydrogens is 402 g/mol. The van der Waals surface area contributed by atoms with E-state index in [9.17, 15) is 19.8 Å². The summed E-state index contributed by atoms with van der Waals surface area (Å²) in [6.07, 6.45) is 1.52. The van der Waals surface area contributed by atoms with E-state index in [2.05, 4.69) is 4.98 Å². The SMILES string of the molecule is CCOC(=O)C[C@@H](c1ccc(OCc2ccccn2)cc1)c1oc(CO)cc(=O)c1O. The number of pyridine rings is 1. The molecule has 0 unspecified atom stereocenters. The van der Waals surface area contributed by atoms with Gasteiger partial charge >= 0.3 is 5.97 Å². The Balaban J connectivity index is 1.88. The van der Waals surface area contributed by atoms with Crippen LogP contribution in [0.25, 0.3) is 0 Å². The summed E-state index contributed by atoms with van der Waals surface area (Å²) in [5.74, 6) is -1.45. The maximum atomic E-state index is 12.2. The molecule has 0 fully saturated rings. The molecule has 2 aromatic heterocycles. The first-order valence-electron chi connectivity index (χ1n) is 9.76. The Hall–Kier alpha value is -3.65. The monoisotopic (exact) mass is 425 g/mol. The molecule has 8 nitrogen and oxygen atoms in total. The summed E-state index contributed by atoms with van der Waals surface area (Å²) in [6, 6.07) is 13.4. The first kappa shape index (κ1) is 22.0. The van der Waals surface area contributed by atoms with Crippen LogP contribution in [-0.4, -0.2) is 27.8 Å². The molecule has 2 N–H and O–H groups in total. The van der Waals surface area contributed by atoms with Gasteiger partial charge in [-0.3, -0.25) is 14.6 Å². The van der Waals surface area contributed by atoms with Crippen molar-refractivity contribution in [1.29, 1.82) is 0 Å². The van der Waals surface area contributed by atoms with Gasteiger partial charge in [0.15, 0.2) is 5.76 Å². The Labute approximate surface area is 178 Å². The van der Waals surface area contributed by atoms with E-state index < -0.39 is 29.7 Å². The van der Waals surface area contributed by atoms with Gasteiger partial charge in [-0.2, -0.15) is 0 Å². The van der Waals surface area contributed by atoms with Gasteiger partial charge in [0.2, 0.25) is 11.2 Å². The van der Waals surface area contributed by atoms with Crippen LogP contribution in [0.1, 0.15) is 42.0 Å². The topological polar surface area (TPSA) is 119 Å². The molecule has 3 rings (SSSR count). The van der Waals surface area contributed by atoms with E-state index in [4.69, 9.17) is 13.9 Å². The van der Waals surface area contributed by atoms with E-state index in [0.29, 0.717) is 17.9 Å². The van der Waals surface area contributed by atoms with Crippen molar-refractivity contribution < 1.29 is 28.9 Å². The summed E-state index contributed by atoms with van der Waals surface area (Å²) >= 11 is 0. The summed E-state index contributed by atoms with van der Waals surface area (Å²) in [7, 11) is 0. The number of hydrogen-bond donors (Lipinski definition) is 2. The first-order chi connectivity index (χ1) is 15.0. The lowest BCUT2D eigenvalue weighted by molar-refractivity contribution is -0.143. The van der Waals surface area contributed by atoms with Crippen molar-refractivity contribution >= 4 is 5.97 Å². The van der Waals surface area contributed by atoms with Crippen LogP contribution < -0.4 is 10.2 Å². The van der Waals surface area contributed by atoms with Crippen molar-refractivity contribution in [2.45, 2.75) is 32.5 Å². The number of carbonyl (C=O) groups is 1. The van der Waals surface area contributed by atoms with Gasteiger partial charge < -0.3 is 24.1 Å². The normalized spacial score (nSPS) is 11.7. The second kappa shape index (κ2) is 10.4. The summed E-state index contributed by atoms with van der Waals surface area (Å²) in [5.41, 5.74) is 0.681. The summed E-state index contributed by atoms with van der Waals surface area (Å²) in [6.45, 7) is 1.65. The molecule has 0 amide bonds. The first-order valence-corrected chi connectivity index (χ1v) is 9.76. The van der Waals surface area contributed by atoms with Gasteiger partial charge in [-0.15, -0.1) is 0 Å². The molecule has 8 heteroatoms. The van der Waals surface area contributed by atoms with Crippen molar-refractivity contribution in [2.24, 2.45) is 0 Å². The van der Waals surface area contributed by atoms with E-state index in [0.717, 1.165) is 11.8 Å². The lowest BCUT2D eigenvalue weighted by Gasteiger charge is -2.18. The van der Waals surface area contributed by atoms with Crippen LogP contribution in [0.15, 0.2) is 63.9 Å². The van der Waals surface area contributed by atoms with Crippen molar-refractivity contribution in [3.63, 3.8) is 0 Å². The molecule has 2 heterocycles. The fourth-order valence-corrected chi connectivity index (χ4v) is 3.05. The zero-order valence-corrected chi connectivity index (χ0v) is 17.0. The standard InChI is InChI=1S/C23H23NO7/c1-2-29-21(27)12-19(23-22(28)20(26)11-18(13-25)31-23)15-6-8-17(9-7-15)30-14-16-5-3-4-10-24-16/h3-11,19,25,28H,2,12-14H2,1H3/t19-/m0/s1. The summed E-state index contributed by atoms with van der Waals surface area (Å²) < 4.78 is 16.3. The maximum Gasteiger partial charge on any atom is 0.306 e. The van der Waals surface area contributed by atoms with Crippen LogP contribution in [0.3, 0.4) is 0 Å². The van der Waals surface area contributed by atoms with Crippen molar-refractivity contribution in [3.05, 3.63) is 87.7 Å². The minimum atomic E-state index is -0.789. The molecule has 1 atom stereocenters. The van der Waals surface area contributed by atoms with Gasteiger partial charge in [-0.05, 0) is 36.8 Å². The van der Waals surface area contributed by atoms with Crippen LogP contribution in [0.4, 0.5) is 0 Å². The van der Waals surface area contributed by atoms with Crippen LogP contribution in [0.2, 0.25) is 0 Å². The number of ether oxygens (including phenoxy) is 2. The fourth-order valence-electron chi connectivity index (χ4n) is 3.05. The van der Waals surface area contributed by atoms with E-state index in [1.807, 2.05) is 18.2 Å². The number of benzene rings is 1. The minimum Gasteiger partial charge on any atom is -0.502 e. The number of aliphatic hydroxyl groups excluding tert-OH is 1. The Bertz CT molecular complexity index is 1060. The van der Waals surface area contributed by atoms with Crippen molar-refractivity contribution in [2.75, 3.05) is 6.61 Å². The van der Waals surface area contributed by atoms with Crippen molar-refractivity contribution in [3.8, 4) is 11.5 Å². The molecule has 0 spiro atoms. The van der Waals surface area contributed by atoms with E-state index in [1.165, 1.54) is 0 Å². The average molecular weight is 425 g/mol. The Kier molecular flexibility index (Phi) is 7.40. The third kappa shape index (κ3) is 5.70. The van der Waals surface area contributed by atoms with Gasteiger partial charge in [-0.25, -0.2) is 0 Å². The number of rotatable bonds is 9. The number of esters is 1. The molecule has 0 bridgehead atoms. The molecule has 0 saturated heterocycles. The Morgan fingerprint density at radius 1 is 1.19 bits per heavy atom. The van der Waals surface area contributed by atoms with Gasteiger partial charge in [0.05, 0.1) is 24.6 Å². The zero-order chi connectivity index (χ0) is 22.2. The molecular formula is C23H23NO7. The predicted octanol–water partition coefficient (Wildman–Crippen LogP) is 2.90. The van der Waals surface area contributed by atoms with Crippen LogP contribution in [-0.2, 0) is 22.7 Å². The highest BCUT2D eigenvalue weighted by Gasteiger charge is 2.26. The summed E-state index contributed by atoms with van der Waals surface area (Å²) in [5, 5.41) is 19.6. The van der Waals surface area contributed by atoms with E-state index >= 15 is 0 Å². The molecule has 162 valence electrons. The van der Waals surface area contributed by atoms with E-state index in [-0.39, 0.29) is 24.5 Å². The smallest absolute Gasteiger partial charge is 0.306 e. The lowest BCUT2D eigenvalue weighted by Crippen LogP contribution is -2.15. The molecule has 0 aliphatic carbocycles. The highest BCUT2D eigenvalue weighted by Crippen LogP contribution is 2.34. The van der Waals surface area contributed by atoms with Gasteiger partial charge in [0.25, 0.3) is 0 Å². The predicted molar refractivity (Wildman–Crippen MR) is 111 cm³/mol. The average Bonchev–Trinajstić information content (AvgIpc) is 2.79. The Morgan fingerprint density at radius 2 is 1.97 bits per heavy atom. The third-order valence-corrected chi connectivity index (χ3v) is 4.54. The molecule has 0 saturated carbocycles. The zero-order valence-electron chi connectivity index (χ0n) is 17.0. The number of carbonyl (C=O) groups excluding carboxylic acids is 1. The molecule has 31 heavy (non-hydrogen) atoms. The molecule has 0 radical (unpaired) electrons. The van der Waals surface area contributed by atoms with Crippen molar-refractivity contribution in [1.82, 2.24) is 4.98 Å². The van der Waals surface area contributed by atoms with Gasteiger partial charge in [-0.1, -0.05) is 18.2 Å². The van der Waals surface area contributed by atoms with E-state index in [1.54, 1.807) is 37.4 Å². The second-order valence-electron chi connectivity index (χ2n) is 6.69. The second-order valence-corrected chi connectivity index (χ2v) is 6.69. The quantitative estimate of drug-likeness (QED) is 0.502. The molecule has 1 aromatic carbocycles. The highest BCUT2D eigenvalue weighted by atomic mass is 16.5. The number of hydrogen-bond acceptors (Lipinski definition) is 8.